The van der Waals surface area contributed by atoms with Crippen LogP contribution in [0, 0.1) is 17.8 Å². The molecule has 0 aromatic heterocycles. The second-order valence-electron chi connectivity index (χ2n) is 4.27. The smallest absolute Gasteiger partial charge is 0.302 e. The molecule has 0 saturated heterocycles. The van der Waals surface area contributed by atoms with Gasteiger partial charge in [0.2, 0.25) is 0 Å². The quantitative estimate of drug-likeness (QED) is 0.560. The Kier molecular flexibility index (Phi) is 1.85. The minimum Gasteiger partial charge on any atom is -0.462 e. The average molecular weight is 168 g/mol. The van der Waals surface area contributed by atoms with Crippen LogP contribution in [0.5, 0.6) is 0 Å². The second kappa shape index (κ2) is 2.75. The lowest BCUT2D eigenvalue weighted by atomic mass is 9.88. The van der Waals surface area contributed by atoms with Crippen molar-refractivity contribution in [3.8, 4) is 0 Å². The van der Waals surface area contributed by atoms with Crippen molar-refractivity contribution in [1.82, 2.24) is 0 Å². The fourth-order valence-electron chi connectivity index (χ4n) is 2.92. The Balaban J connectivity index is 2.02. The van der Waals surface area contributed by atoms with Gasteiger partial charge in [0.15, 0.2) is 0 Å². The molecule has 0 heterocycles. The summed E-state index contributed by atoms with van der Waals surface area (Å²) in [6, 6.07) is 0. The summed E-state index contributed by atoms with van der Waals surface area (Å²) in [5.41, 5.74) is 0. The second-order valence-corrected chi connectivity index (χ2v) is 4.27. The first kappa shape index (κ1) is 8.09. The summed E-state index contributed by atoms with van der Waals surface area (Å²) >= 11 is 0. The van der Waals surface area contributed by atoms with Crippen LogP contribution in [0.15, 0.2) is 0 Å². The Labute approximate surface area is 73.3 Å². The van der Waals surface area contributed by atoms with Crippen LogP contribution >= 0.6 is 0 Å². The maximum absolute atomic E-state index is 10.8. The Morgan fingerprint density at radius 2 is 2.00 bits per heavy atom. The van der Waals surface area contributed by atoms with Crippen LogP contribution in [0.3, 0.4) is 0 Å². The third-order valence-corrected chi connectivity index (χ3v) is 3.54. The largest absolute Gasteiger partial charge is 0.462 e. The minimum absolute atomic E-state index is 0.112. The fraction of sp³-hybridized carbons (Fsp3) is 0.900. The van der Waals surface area contributed by atoms with Gasteiger partial charge in [0, 0.05) is 6.92 Å². The monoisotopic (exact) mass is 168 g/mol. The van der Waals surface area contributed by atoms with E-state index in [9.17, 15) is 4.79 Å². The van der Waals surface area contributed by atoms with Gasteiger partial charge < -0.3 is 4.74 Å². The molecule has 0 N–H and O–H groups in total. The third kappa shape index (κ3) is 1.13. The molecule has 2 heteroatoms. The van der Waals surface area contributed by atoms with Crippen LogP contribution < -0.4 is 0 Å². The lowest BCUT2D eigenvalue weighted by molar-refractivity contribution is -0.151. The van der Waals surface area contributed by atoms with Crippen molar-refractivity contribution >= 4 is 5.97 Å². The maximum atomic E-state index is 10.8. The van der Waals surface area contributed by atoms with Crippen LogP contribution in [0.1, 0.15) is 33.1 Å². The molecule has 68 valence electrons. The zero-order valence-corrected chi connectivity index (χ0v) is 7.75. The molecule has 0 unspecified atom stereocenters. The minimum atomic E-state index is -0.112. The number of ether oxygens (including phenoxy) is 1. The molecule has 0 spiro atoms. The maximum Gasteiger partial charge on any atom is 0.302 e. The molecule has 2 aliphatic carbocycles. The summed E-state index contributed by atoms with van der Waals surface area (Å²) in [6.45, 7) is 3.73. The van der Waals surface area contributed by atoms with Crippen LogP contribution in [-0.4, -0.2) is 12.1 Å². The van der Waals surface area contributed by atoms with Gasteiger partial charge in [-0.15, -0.1) is 0 Å². The first-order valence-corrected chi connectivity index (χ1v) is 4.85. The van der Waals surface area contributed by atoms with Gasteiger partial charge in [-0.2, -0.15) is 0 Å². The van der Waals surface area contributed by atoms with E-state index in [0.29, 0.717) is 11.8 Å². The van der Waals surface area contributed by atoms with Gasteiger partial charge in [-0.25, -0.2) is 0 Å². The molecule has 2 nitrogen and oxygen atoms in total. The van der Waals surface area contributed by atoms with E-state index in [1.807, 2.05) is 0 Å². The van der Waals surface area contributed by atoms with Crippen LogP contribution in [-0.2, 0) is 9.53 Å². The van der Waals surface area contributed by atoms with Gasteiger partial charge in [0.25, 0.3) is 0 Å². The summed E-state index contributed by atoms with van der Waals surface area (Å²) in [5.74, 6) is 2.00. The van der Waals surface area contributed by atoms with Crippen LogP contribution in [0.4, 0.5) is 0 Å². The SMILES string of the molecule is CC(=O)O[C@H]1[C@@H]2CC[C@@H](C2)[C@H]1C. The average Bonchev–Trinajstić information content (AvgIpc) is 2.53. The van der Waals surface area contributed by atoms with E-state index in [0.717, 1.165) is 5.92 Å². The summed E-state index contributed by atoms with van der Waals surface area (Å²) in [4.78, 5) is 10.8. The first-order chi connectivity index (χ1) is 5.68. The topological polar surface area (TPSA) is 26.3 Å². The zero-order chi connectivity index (χ0) is 8.72. The molecule has 2 fully saturated rings. The lowest BCUT2D eigenvalue weighted by Gasteiger charge is -2.27. The van der Waals surface area contributed by atoms with E-state index >= 15 is 0 Å². The number of esters is 1. The van der Waals surface area contributed by atoms with Gasteiger partial charge in [0.05, 0.1) is 0 Å². The molecule has 4 atom stereocenters. The van der Waals surface area contributed by atoms with Crippen molar-refractivity contribution in [2.24, 2.45) is 17.8 Å². The van der Waals surface area contributed by atoms with E-state index in [4.69, 9.17) is 4.74 Å². The standard InChI is InChI=1S/C10H16O2/c1-6-8-3-4-9(5-8)10(6)12-7(2)11/h6,8-10H,3-5H2,1-2H3/t6-,8+,9-,10-/m1/s1. The predicted molar refractivity (Wildman–Crippen MR) is 45.5 cm³/mol. The molecular formula is C10H16O2. The summed E-state index contributed by atoms with van der Waals surface area (Å²) in [5, 5.41) is 0. The highest BCUT2D eigenvalue weighted by molar-refractivity contribution is 5.66. The van der Waals surface area contributed by atoms with E-state index in [-0.39, 0.29) is 12.1 Å². The lowest BCUT2D eigenvalue weighted by Crippen LogP contribution is -2.29. The number of carbonyl (C=O) groups excluding carboxylic acids is 1. The summed E-state index contributed by atoms with van der Waals surface area (Å²) < 4.78 is 5.32. The molecule has 2 rings (SSSR count). The molecule has 0 aromatic rings. The number of carbonyl (C=O) groups is 1. The van der Waals surface area contributed by atoms with Crippen molar-refractivity contribution in [3.63, 3.8) is 0 Å². The molecule has 12 heavy (non-hydrogen) atoms. The molecule has 2 saturated carbocycles. The van der Waals surface area contributed by atoms with Crippen molar-refractivity contribution in [1.29, 1.82) is 0 Å². The Hall–Kier alpha value is -0.530. The van der Waals surface area contributed by atoms with E-state index in [1.54, 1.807) is 0 Å². The van der Waals surface area contributed by atoms with Crippen molar-refractivity contribution < 1.29 is 9.53 Å². The molecule has 0 aromatic carbocycles. The Bertz CT molecular complexity index is 198. The van der Waals surface area contributed by atoms with Gasteiger partial charge in [-0.1, -0.05) is 6.92 Å². The molecule has 2 aliphatic rings. The highest BCUT2D eigenvalue weighted by atomic mass is 16.5. The number of fused-ring (bicyclic) bond motifs is 2. The summed E-state index contributed by atoms with van der Waals surface area (Å²) in [7, 11) is 0. The normalized spacial score (nSPS) is 44.8. The molecular weight excluding hydrogens is 152 g/mol. The van der Waals surface area contributed by atoms with Crippen molar-refractivity contribution in [3.05, 3.63) is 0 Å². The number of rotatable bonds is 1. The van der Waals surface area contributed by atoms with Gasteiger partial charge in [-0.05, 0) is 37.0 Å². The Morgan fingerprint density at radius 1 is 1.33 bits per heavy atom. The Morgan fingerprint density at radius 3 is 2.50 bits per heavy atom. The molecule has 0 amide bonds. The van der Waals surface area contributed by atoms with Crippen molar-refractivity contribution in [2.45, 2.75) is 39.2 Å². The van der Waals surface area contributed by atoms with Gasteiger partial charge in [-0.3, -0.25) is 4.79 Å². The van der Waals surface area contributed by atoms with Gasteiger partial charge in [0.1, 0.15) is 6.10 Å². The van der Waals surface area contributed by atoms with Crippen molar-refractivity contribution in [2.75, 3.05) is 0 Å². The van der Waals surface area contributed by atoms with E-state index in [1.165, 1.54) is 26.2 Å². The summed E-state index contributed by atoms with van der Waals surface area (Å²) in [6.07, 6.45) is 4.15. The molecule has 0 radical (unpaired) electrons. The predicted octanol–water partition coefficient (Wildman–Crippen LogP) is 1.98. The molecule has 0 aliphatic heterocycles. The van der Waals surface area contributed by atoms with Gasteiger partial charge >= 0.3 is 5.97 Å². The molecule has 2 bridgehead atoms. The van der Waals surface area contributed by atoms with E-state index in [2.05, 4.69) is 6.92 Å². The third-order valence-electron chi connectivity index (χ3n) is 3.54. The highest BCUT2D eigenvalue weighted by Gasteiger charge is 2.46. The van der Waals surface area contributed by atoms with Crippen LogP contribution in [0.2, 0.25) is 0 Å². The van der Waals surface area contributed by atoms with Crippen LogP contribution in [0.25, 0.3) is 0 Å². The number of hydrogen-bond acceptors (Lipinski definition) is 2. The zero-order valence-electron chi connectivity index (χ0n) is 7.75. The number of hydrogen-bond donors (Lipinski definition) is 0. The first-order valence-electron chi connectivity index (χ1n) is 4.85. The van der Waals surface area contributed by atoms with E-state index < -0.39 is 0 Å². The fourth-order valence-corrected chi connectivity index (χ4v) is 2.92. The highest BCUT2D eigenvalue weighted by Crippen LogP contribution is 2.49.